The maximum absolute atomic E-state index is 12.4. The van der Waals surface area contributed by atoms with Crippen LogP contribution in [0, 0.1) is 6.92 Å². The first-order chi connectivity index (χ1) is 11.5. The monoisotopic (exact) mass is 406 g/mol. The molecule has 0 bridgehead atoms. The molecule has 2 heterocycles. The van der Waals surface area contributed by atoms with Crippen LogP contribution in [0.25, 0.3) is 0 Å². The van der Waals surface area contributed by atoms with E-state index in [1.807, 2.05) is 19.1 Å². The maximum atomic E-state index is 12.4. The van der Waals surface area contributed by atoms with Gasteiger partial charge in [-0.05, 0) is 35.0 Å². The molecule has 1 fully saturated rings. The Morgan fingerprint density at radius 3 is 2.29 bits per heavy atom. The summed E-state index contributed by atoms with van der Waals surface area (Å²) >= 11 is 5.21. The molecule has 1 amide bonds. The van der Waals surface area contributed by atoms with Crippen LogP contribution in [-0.4, -0.2) is 47.7 Å². The van der Waals surface area contributed by atoms with Crippen LogP contribution in [0.1, 0.15) is 20.8 Å². The van der Waals surface area contributed by atoms with Crippen LogP contribution in [0.5, 0.6) is 0 Å². The number of hydrogen-bond donors (Lipinski definition) is 0. The molecule has 1 aliphatic rings. The second-order valence-corrected chi connectivity index (χ2v) is 8.52. The second-order valence-electron chi connectivity index (χ2n) is 5.97. The third kappa shape index (κ3) is 4.12. The number of piperazine rings is 1. The number of benzene rings is 1. The van der Waals surface area contributed by atoms with Gasteiger partial charge in [-0.2, -0.15) is 0 Å². The van der Waals surface area contributed by atoms with E-state index in [0.29, 0.717) is 18.7 Å². The summed E-state index contributed by atoms with van der Waals surface area (Å²) in [6, 6.07) is 11.3. The average molecular weight is 407 g/mol. The number of hydrogen-bond acceptors (Lipinski definition) is 4. The van der Waals surface area contributed by atoms with Gasteiger partial charge in [0.2, 0.25) is 5.78 Å². The highest BCUT2D eigenvalue weighted by Crippen LogP contribution is 2.23. The number of rotatable bonds is 4. The van der Waals surface area contributed by atoms with E-state index in [9.17, 15) is 9.59 Å². The number of nitrogens with zero attached hydrogens (tertiary/aromatic N) is 2. The number of Topliss-reactive ketones (excluding diaryl/α,β-unsaturated/α-hetero) is 1. The first kappa shape index (κ1) is 17.3. The Hall–Kier alpha value is -1.50. The molecular formula is C18H19BrN2O2S. The van der Waals surface area contributed by atoms with E-state index in [0.717, 1.165) is 29.0 Å². The molecule has 1 aromatic heterocycles. The molecule has 24 heavy (non-hydrogen) atoms. The highest BCUT2D eigenvalue weighted by molar-refractivity contribution is 9.11. The van der Waals surface area contributed by atoms with Crippen molar-refractivity contribution >= 4 is 39.0 Å². The van der Waals surface area contributed by atoms with Crippen molar-refractivity contribution in [3.05, 3.63) is 56.2 Å². The second kappa shape index (κ2) is 7.59. The van der Waals surface area contributed by atoms with Crippen molar-refractivity contribution in [2.24, 2.45) is 0 Å². The van der Waals surface area contributed by atoms with Crippen molar-refractivity contribution in [1.82, 2.24) is 9.80 Å². The average Bonchev–Trinajstić information content (AvgIpc) is 3.00. The van der Waals surface area contributed by atoms with Crippen LogP contribution in [0.2, 0.25) is 0 Å². The topological polar surface area (TPSA) is 40.6 Å². The van der Waals surface area contributed by atoms with Gasteiger partial charge in [-0.3, -0.25) is 14.5 Å². The first-order valence-corrected chi connectivity index (χ1v) is 9.51. The molecule has 0 spiro atoms. The fourth-order valence-corrected chi connectivity index (χ4v) is 4.26. The molecule has 0 N–H and O–H groups in total. The fourth-order valence-electron chi connectivity index (χ4n) is 2.74. The van der Waals surface area contributed by atoms with Gasteiger partial charge in [-0.15, -0.1) is 11.3 Å². The summed E-state index contributed by atoms with van der Waals surface area (Å²) in [6.07, 6.45) is 0. The highest BCUT2D eigenvalue weighted by atomic mass is 79.9. The Kier molecular flexibility index (Phi) is 5.48. The number of ketones is 1. The molecule has 0 saturated carbocycles. The number of carbonyl (C=O) groups is 2. The van der Waals surface area contributed by atoms with Gasteiger partial charge in [0.05, 0.1) is 3.79 Å². The van der Waals surface area contributed by atoms with Gasteiger partial charge >= 0.3 is 0 Å². The van der Waals surface area contributed by atoms with Crippen molar-refractivity contribution in [2.75, 3.05) is 26.2 Å². The highest BCUT2D eigenvalue weighted by Gasteiger charge is 2.26. The van der Waals surface area contributed by atoms with Crippen LogP contribution in [0.4, 0.5) is 0 Å². The maximum Gasteiger partial charge on any atom is 0.295 e. The van der Waals surface area contributed by atoms with Gasteiger partial charge in [-0.25, -0.2) is 0 Å². The van der Waals surface area contributed by atoms with Crippen LogP contribution < -0.4 is 0 Å². The van der Waals surface area contributed by atoms with E-state index in [1.54, 1.807) is 28.4 Å². The van der Waals surface area contributed by atoms with Crippen LogP contribution in [-0.2, 0) is 11.3 Å². The number of carbonyl (C=O) groups excluding carboxylic acids is 2. The molecule has 1 saturated heterocycles. The summed E-state index contributed by atoms with van der Waals surface area (Å²) in [7, 11) is 0. The molecule has 0 unspecified atom stereocenters. The lowest BCUT2D eigenvalue weighted by atomic mass is 10.1. The first-order valence-electron chi connectivity index (χ1n) is 7.90. The van der Waals surface area contributed by atoms with E-state index in [4.69, 9.17) is 0 Å². The van der Waals surface area contributed by atoms with Crippen LogP contribution >= 0.6 is 27.3 Å². The normalized spacial score (nSPS) is 15.5. The molecule has 1 aromatic carbocycles. The summed E-state index contributed by atoms with van der Waals surface area (Å²) in [5, 5.41) is 0. The Morgan fingerprint density at radius 1 is 1.04 bits per heavy atom. The smallest absolute Gasteiger partial charge is 0.295 e. The van der Waals surface area contributed by atoms with Crippen molar-refractivity contribution in [2.45, 2.75) is 13.5 Å². The Labute approximate surface area is 154 Å². The largest absolute Gasteiger partial charge is 0.333 e. The molecule has 0 radical (unpaired) electrons. The van der Waals surface area contributed by atoms with E-state index in [1.165, 1.54) is 4.88 Å². The summed E-state index contributed by atoms with van der Waals surface area (Å²) in [5.74, 6) is -0.803. The molecule has 6 heteroatoms. The van der Waals surface area contributed by atoms with Crippen molar-refractivity contribution in [1.29, 1.82) is 0 Å². The molecule has 0 atom stereocenters. The van der Waals surface area contributed by atoms with Crippen LogP contribution in [0.3, 0.4) is 0 Å². The molecule has 0 aliphatic carbocycles. The molecule has 4 nitrogen and oxygen atoms in total. The Bertz CT molecular complexity index is 734. The lowest BCUT2D eigenvalue weighted by molar-refractivity contribution is -0.128. The van der Waals surface area contributed by atoms with Gasteiger partial charge in [0, 0.05) is 43.2 Å². The zero-order valence-electron chi connectivity index (χ0n) is 13.5. The summed E-state index contributed by atoms with van der Waals surface area (Å²) in [5.41, 5.74) is 1.55. The molecule has 1 aliphatic heterocycles. The zero-order chi connectivity index (χ0) is 17.1. The van der Waals surface area contributed by atoms with Crippen molar-refractivity contribution < 1.29 is 9.59 Å². The summed E-state index contributed by atoms with van der Waals surface area (Å²) in [4.78, 5) is 30.0. The fraction of sp³-hybridized carbons (Fsp3) is 0.333. The SMILES string of the molecule is Cc1ccc(C(=O)C(=O)N2CCN(Cc3ccc(Br)s3)CC2)cc1. The van der Waals surface area contributed by atoms with Gasteiger partial charge in [0.15, 0.2) is 0 Å². The van der Waals surface area contributed by atoms with E-state index >= 15 is 0 Å². The van der Waals surface area contributed by atoms with E-state index in [2.05, 4.69) is 33.0 Å². The van der Waals surface area contributed by atoms with Crippen molar-refractivity contribution in [3.8, 4) is 0 Å². The molecule has 126 valence electrons. The minimum atomic E-state index is -0.411. The lowest BCUT2D eigenvalue weighted by Gasteiger charge is -2.34. The van der Waals surface area contributed by atoms with Crippen LogP contribution in [0.15, 0.2) is 40.2 Å². The lowest BCUT2D eigenvalue weighted by Crippen LogP contribution is -2.50. The van der Waals surface area contributed by atoms with E-state index in [-0.39, 0.29) is 0 Å². The Morgan fingerprint density at radius 2 is 1.71 bits per heavy atom. The number of thiophene rings is 1. The minimum absolute atomic E-state index is 0.391. The number of halogens is 1. The van der Waals surface area contributed by atoms with Gasteiger partial charge < -0.3 is 4.90 Å². The van der Waals surface area contributed by atoms with Crippen molar-refractivity contribution in [3.63, 3.8) is 0 Å². The summed E-state index contributed by atoms with van der Waals surface area (Å²) < 4.78 is 1.13. The predicted octanol–water partition coefficient (Wildman–Crippen LogP) is 3.35. The number of amides is 1. The van der Waals surface area contributed by atoms with Gasteiger partial charge in [0.25, 0.3) is 5.91 Å². The van der Waals surface area contributed by atoms with E-state index < -0.39 is 11.7 Å². The number of aryl methyl sites for hydroxylation is 1. The van der Waals surface area contributed by atoms with Gasteiger partial charge in [0.1, 0.15) is 0 Å². The quantitative estimate of drug-likeness (QED) is 0.577. The third-order valence-corrected chi connectivity index (χ3v) is 5.78. The predicted molar refractivity (Wildman–Crippen MR) is 99.4 cm³/mol. The summed E-state index contributed by atoms with van der Waals surface area (Å²) in [6.45, 7) is 5.64. The molecule has 3 rings (SSSR count). The Balaban J connectivity index is 1.54. The minimum Gasteiger partial charge on any atom is -0.333 e. The third-order valence-electron chi connectivity index (χ3n) is 4.18. The standard InChI is InChI=1S/C18H19BrN2O2S/c1-13-2-4-14(5-3-13)17(22)18(23)21-10-8-20(9-11-21)12-15-6-7-16(19)24-15/h2-7H,8-12H2,1H3. The molecule has 2 aromatic rings. The zero-order valence-corrected chi connectivity index (χ0v) is 15.9. The molecular weight excluding hydrogens is 388 g/mol. The van der Waals surface area contributed by atoms with Gasteiger partial charge in [-0.1, -0.05) is 29.8 Å².